The Labute approximate surface area is 213 Å². The minimum Gasteiger partial charge on any atom is -0.493 e. The number of halogens is 1. The number of nitrogens with zero attached hydrogens (tertiary/aromatic N) is 2. The molecule has 0 bridgehead atoms. The third-order valence-corrected chi connectivity index (χ3v) is 6.05. The zero-order valence-corrected chi connectivity index (χ0v) is 21.0. The average Bonchev–Trinajstić information content (AvgIpc) is 3.33. The predicted molar refractivity (Wildman–Crippen MR) is 144 cm³/mol. The Kier molecular flexibility index (Phi) is 8.13. The highest BCUT2D eigenvalue weighted by atomic mass is 35.5. The van der Waals surface area contributed by atoms with Crippen molar-refractivity contribution >= 4 is 45.9 Å². The molecule has 8 heteroatoms. The summed E-state index contributed by atoms with van der Waals surface area (Å²) in [6, 6.07) is 20.7. The van der Waals surface area contributed by atoms with Crippen molar-refractivity contribution in [2.45, 2.75) is 20.3 Å². The van der Waals surface area contributed by atoms with E-state index in [-0.39, 0.29) is 5.91 Å². The number of nitrogens with one attached hydrogen (secondary N) is 2. The normalized spacial score (nSPS) is 10.9. The molecule has 0 saturated heterocycles. The Hall–Kier alpha value is -3.68. The molecule has 0 aliphatic rings. The zero-order valence-electron chi connectivity index (χ0n) is 19.4. The van der Waals surface area contributed by atoms with Gasteiger partial charge in [-0.3, -0.25) is 4.79 Å². The van der Waals surface area contributed by atoms with Gasteiger partial charge < -0.3 is 10.1 Å². The second-order valence-electron chi connectivity index (χ2n) is 7.84. The Morgan fingerprint density at radius 3 is 2.63 bits per heavy atom. The zero-order chi connectivity index (χ0) is 24.6. The van der Waals surface area contributed by atoms with Gasteiger partial charge in [-0.1, -0.05) is 48.4 Å². The number of hydrogen-bond acceptors (Lipinski definition) is 6. The van der Waals surface area contributed by atoms with Crippen LogP contribution in [0.2, 0.25) is 5.02 Å². The summed E-state index contributed by atoms with van der Waals surface area (Å²) < 4.78 is 5.71. The smallest absolute Gasteiger partial charge is 0.271 e. The van der Waals surface area contributed by atoms with Crippen molar-refractivity contribution in [2.24, 2.45) is 5.10 Å². The number of anilines is 2. The lowest BCUT2D eigenvalue weighted by molar-refractivity contribution is 0.0955. The third-order valence-electron chi connectivity index (χ3n) is 5.05. The van der Waals surface area contributed by atoms with E-state index in [0.717, 1.165) is 28.5 Å². The fraction of sp³-hybridized carbons (Fsp3) is 0.148. The SMILES string of the molecule is CCCOc1ccc(Cl)cc1/C=N\NC(=O)c1ccc(-c2csc(Nc3ccc(C)cc3)n2)cc1. The summed E-state index contributed by atoms with van der Waals surface area (Å²) in [6.07, 6.45) is 2.42. The van der Waals surface area contributed by atoms with E-state index in [9.17, 15) is 4.79 Å². The molecule has 0 aliphatic carbocycles. The monoisotopic (exact) mass is 504 g/mol. The molecule has 0 fully saturated rings. The third kappa shape index (κ3) is 6.68. The molecule has 0 atom stereocenters. The standard InChI is InChI=1S/C27H25ClN4O2S/c1-3-14-34-25-13-10-22(28)15-21(25)16-29-32-26(33)20-8-6-19(7-9-20)24-17-35-27(31-24)30-23-11-4-18(2)5-12-23/h4-13,15-17H,3,14H2,1-2H3,(H,30,31)(H,32,33)/b29-16-. The molecule has 35 heavy (non-hydrogen) atoms. The maximum Gasteiger partial charge on any atom is 0.271 e. The molecule has 6 nitrogen and oxygen atoms in total. The number of carbonyl (C=O) groups excluding carboxylic acids is 1. The van der Waals surface area contributed by atoms with E-state index in [2.05, 4.69) is 39.9 Å². The van der Waals surface area contributed by atoms with Crippen molar-refractivity contribution in [3.05, 3.63) is 93.8 Å². The van der Waals surface area contributed by atoms with Crippen LogP contribution in [0.15, 0.2) is 77.2 Å². The molecule has 3 aromatic carbocycles. The lowest BCUT2D eigenvalue weighted by atomic mass is 10.1. The molecule has 0 radical (unpaired) electrons. The van der Waals surface area contributed by atoms with Gasteiger partial charge in [-0.05, 0) is 55.8 Å². The topological polar surface area (TPSA) is 75.6 Å². The second kappa shape index (κ2) is 11.6. The van der Waals surface area contributed by atoms with E-state index >= 15 is 0 Å². The van der Waals surface area contributed by atoms with Gasteiger partial charge in [0.05, 0.1) is 18.5 Å². The summed E-state index contributed by atoms with van der Waals surface area (Å²) in [6.45, 7) is 4.68. The summed E-state index contributed by atoms with van der Waals surface area (Å²) in [5.41, 5.74) is 7.71. The average molecular weight is 505 g/mol. The van der Waals surface area contributed by atoms with Gasteiger partial charge in [-0.25, -0.2) is 10.4 Å². The van der Waals surface area contributed by atoms with Crippen LogP contribution in [0.3, 0.4) is 0 Å². The van der Waals surface area contributed by atoms with Crippen molar-refractivity contribution in [1.29, 1.82) is 0 Å². The quantitative estimate of drug-likeness (QED) is 0.189. The molecule has 178 valence electrons. The fourth-order valence-corrected chi connectivity index (χ4v) is 4.13. The molecule has 1 amide bonds. The number of hydrazone groups is 1. The minimum absolute atomic E-state index is 0.314. The first-order chi connectivity index (χ1) is 17.0. The van der Waals surface area contributed by atoms with Crippen molar-refractivity contribution < 1.29 is 9.53 Å². The number of hydrogen-bond donors (Lipinski definition) is 2. The first-order valence-corrected chi connectivity index (χ1v) is 12.4. The molecule has 1 heterocycles. The van der Waals surface area contributed by atoms with Gasteiger partial charge >= 0.3 is 0 Å². The first-order valence-electron chi connectivity index (χ1n) is 11.2. The number of benzene rings is 3. The predicted octanol–water partition coefficient (Wildman–Crippen LogP) is 7.07. The van der Waals surface area contributed by atoms with Crippen molar-refractivity contribution in [1.82, 2.24) is 10.4 Å². The number of rotatable bonds is 9. The highest BCUT2D eigenvalue weighted by Gasteiger charge is 2.09. The molecular weight excluding hydrogens is 480 g/mol. The van der Waals surface area contributed by atoms with E-state index in [1.807, 2.05) is 36.6 Å². The van der Waals surface area contributed by atoms with Crippen LogP contribution in [0.25, 0.3) is 11.3 Å². The molecule has 2 N–H and O–H groups in total. The summed E-state index contributed by atoms with van der Waals surface area (Å²) in [5, 5.41) is 10.8. The van der Waals surface area contributed by atoms with Crippen molar-refractivity contribution in [3.63, 3.8) is 0 Å². The summed E-state index contributed by atoms with van der Waals surface area (Å²) in [7, 11) is 0. The number of aryl methyl sites for hydroxylation is 1. The Morgan fingerprint density at radius 1 is 1.11 bits per heavy atom. The fourth-order valence-electron chi connectivity index (χ4n) is 3.21. The Bertz CT molecular complexity index is 1320. The lowest BCUT2D eigenvalue weighted by Crippen LogP contribution is -2.17. The molecular formula is C27H25ClN4O2S. The first kappa shape index (κ1) is 24.4. The van der Waals surface area contributed by atoms with E-state index in [1.165, 1.54) is 23.1 Å². The lowest BCUT2D eigenvalue weighted by Gasteiger charge is -2.08. The number of amides is 1. The summed E-state index contributed by atoms with van der Waals surface area (Å²) >= 11 is 7.62. The second-order valence-corrected chi connectivity index (χ2v) is 9.13. The number of carbonyl (C=O) groups is 1. The maximum atomic E-state index is 12.5. The molecule has 0 spiro atoms. The highest BCUT2D eigenvalue weighted by Crippen LogP contribution is 2.27. The van der Waals surface area contributed by atoms with Gasteiger partial charge in [-0.2, -0.15) is 5.10 Å². The van der Waals surface area contributed by atoms with Crippen LogP contribution in [0, 0.1) is 6.92 Å². The summed E-state index contributed by atoms with van der Waals surface area (Å²) in [5.74, 6) is 0.351. The highest BCUT2D eigenvalue weighted by molar-refractivity contribution is 7.14. The van der Waals surface area contributed by atoms with E-state index in [0.29, 0.717) is 28.5 Å². The van der Waals surface area contributed by atoms with Crippen molar-refractivity contribution in [3.8, 4) is 17.0 Å². The molecule has 0 unspecified atom stereocenters. The van der Waals surface area contributed by atoms with Crippen LogP contribution in [0.5, 0.6) is 5.75 Å². The van der Waals surface area contributed by atoms with Crippen LogP contribution in [-0.4, -0.2) is 23.7 Å². The van der Waals surface area contributed by atoms with Gasteiger partial charge in [0.15, 0.2) is 5.13 Å². The summed E-state index contributed by atoms with van der Waals surface area (Å²) in [4.78, 5) is 17.2. The van der Waals surface area contributed by atoms with E-state index < -0.39 is 0 Å². The van der Waals surface area contributed by atoms with Gasteiger partial charge in [0.1, 0.15) is 5.75 Å². The van der Waals surface area contributed by atoms with Gasteiger partial charge in [-0.15, -0.1) is 11.3 Å². The molecule has 0 aliphatic heterocycles. The Balaban J connectivity index is 1.38. The van der Waals surface area contributed by atoms with Crippen LogP contribution in [0.1, 0.15) is 34.8 Å². The number of aromatic nitrogens is 1. The molecule has 4 aromatic rings. The van der Waals surface area contributed by atoms with Crippen LogP contribution in [0.4, 0.5) is 10.8 Å². The van der Waals surface area contributed by atoms with E-state index in [1.54, 1.807) is 30.3 Å². The number of ether oxygens (including phenoxy) is 1. The minimum atomic E-state index is -0.314. The van der Waals surface area contributed by atoms with Gasteiger partial charge in [0.25, 0.3) is 5.91 Å². The molecule has 4 rings (SSSR count). The van der Waals surface area contributed by atoms with E-state index in [4.69, 9.17) is 16.3 Å². The number of thiazole rings is 1. The molecule has 0 saturated carbocycles. The molecule has 1 aromatic heterocycles. The maximum absolute atomic E-state index is 12.5. The van der Waals surface area contributed by atoms with Crippen LogP contribution >= 0.6 is 22.9 Å². The Morgan fingerprint density at radius 2 is 1.89 bits per heavy atom. The van der Waals surface area contributed by atoms with Crippen LogP contribution < -0.4 is 15.5 Å². The van der Waals surface area contributed by atoms with Crippen molar-refractivity contribution in [2.75, 3.05) is 11.9 Å². The largest absolute Gasteiger partial charge is 0.493 e. The van der Waals surface area contributed by atoms with Crippen LogP contribution in [-0.2, 0) is 0 Å². The van der Waals surface area contributed by atoms with Gasteiger partial charge in [0.2, 0.25) is 0 Å². The van der Waals surface area contributed by atoms with Gasteiger partial charge in [0, 0.05) is 32.8 Å².